The highest BCUT2D eigenvalue weighted by Gasteiger charge is 2.25. The Hall–Kier alpha value is -1.44. The third kappa shape index (κ3) is 4.84. The number of hydrogen-bond acceptors (Lipinski definition) is 4. The lowest BCUT2D eigenvalue weighted by Crippen LogP contribution is -2.43. The second-order valence-electron chi connectivity index (χ2n) is 6.78. The Morgan fingerprint density at radius 1 is 1.12 bits per heavy atom. The molecule has 0 spiro atoms. The standard InChI is InChI=1S/C19H31N3O3S/c1-4-12-22(13-5-2)26(24,25)18-8-6-16(7-9-18)19(23)21-14-10-17(20-3)11-15-21/h6-9,17,20H,4-5,10-15H2,1-3H3. The summed E-state index contributed by atoms with van der Waals surface area (Å²) in [5.41, 5.74) is 0.546. The SMILES string of the molecule is CCCN(CCC)S(=O)(=O)c1ccc(C(=O)N2CCC(NC)CC2)cc1. The van der Waals surface area contributed by atoms with Gasteiger partial charge in [-0.1, -0.05) is 13.8 Å². The summed E-state index contributed by atoms with van der Waals surface area (Å²) >= 11 is 0. The molecule has 0 aromatic heterocycles. The van der Waals surface area contributed by atoms with E-state index in [-0.39, 0.29) is 10.8 Å². The summed E-state index contributed by atoms with van der Waals surface area (Å²) in [6.07, 6.45) is 3.44. The van der Waals surface area contributed by atoms with Crippen molar-refractivity contribution in [3.8, 4) is 0 Å². The van der Waals surface area contributed by atoms with Crippen LogP contribution in [0.4, 0.5) is 0 Å². The lowest BCUT2D eigenvalue weighted by molar-refractivity contribution is 0.0707. The second kappa shape index (κ2) is 9.48. The van der Waals surface area contributed by atoms with E-state index < -0.39 is 10.0 Å². The van der Waals surface area contributed by atoms with Gasteiger partial charge in [-0.2, -0.15) is 4.31 Å². The summed E-state index contributed by atoms with van der Waals surface area (Å²) < 4.78 is 27.1. The summed E-state index contributed by atoms with van der Waals surface area (Å²) in [4.78, 5) is 14.7. The van der Waals surface area contributed by atoms with Gasteiger partial charge in [0.15, 0.2) is 0 Å². The molecule has 2 rings (SSSR count). The van der Waals surface area contributed by atoms with Crippen LogP contribution in [0.25, 0.3) is 0 Å². The van der Waals surface area contributed by atoms with Crippen molar-refractivity contribution in [2.45, 2.75) is 50.5 Å². The van der Waals surface area contributed by atoms with Gasteiger partial charge in [-0.3, -0.25) is 4.79 Å². The van der Waals surface area contributed by atoms with E-state index in [9.17, 15) is 13.2 Å². The summed E-state index contributed by atoms with van der Waals surface area (Å²) in [7, 11) is -1.56. The zero-order chi connectivity index (χ0) is 19.2. The maximum atomic E-state index is 12.8. The number of carbonyl (C=O) groups excluding carboxylic acids is 1. The van der Waals surface area contributed by atoms with Crippen LogP contribution in [0.2, 0.25) is 0 Å². The normalized spacial score (nSPS) is 16.2. The molecule has 1 aromatic carbocycles. The second-order valence-corrected chi connectivity index (χ2v) is 8.72. The van der Waals surface area contributed by atoms with Gasteiger partial charge in [0.05, 0.1) is 4.90 Å². The van der Waals surface area contributed by atoms with Crippen molar-refractivity contribution in [1.82, 2.24) is 14.5 Å². The molecule has 0 atom stereocenters. The lowest BCUT2D eigenvalue weighted by Gasteiger charge is -2.31. The van der Waals surface area contributed by atoms with Crippen molar-refractivity contribution in [3.63, 3.8) is 0 Å². The quantitative estimate of drug-likeness (QED) is 0.750. The molecule has 7 heteroatoms. The first-order chi connectivity index (χ1) is 12.4. The minimum absolute atomic E-state index is 0.0255. The average molecular weight is 382 g/mol. The van der Waals surface area contributed by atoms with Crippen LogP contribution in [0.5, 0.6) is 0 Å². The zero-order valence-corrected chi connectivity index (χ0v) is 16.9. The van der Waals surface area contributed by atoms with E-state index in [2.05, 4.69) is 5.32 Å². The maximum Gasteiger partial charge on any atom is 0.253 e. The Balaban J connectivity index is 2.11. The summed E-state index contributed by atoms with van der Waals surface area (Å²) in [5, 5.41) is 3.25. The van der Waals surface area contributed by atoms with Crippen LogP contribution in [0.1, 0.15) is 49.9 Å². The molecule has 0 radical (unpaired) electrons. The van der Waals surface area contributed by atoms with Crippen molar-refractivity contribution in [1.29, 1.82) is 0 Å². The molecule has 1 amide bonds. The van der Waals surface area contributed by atoms with E-state index in [0.29, 0.717) is 24.7 Å². The first kappa shape index (κ1) is 20.9. The monoisotopic (exact) mass is 381 g/mol. The number of carbonyl (C=O) groups is 1. The molecule has 0 saturated carbocycles. The van der Waals surface area contributed by atoms with Crippen LogP contribution < -0.4 is 5.32 Å². The van der Waals surface area contributed by atoms with E-state index in [1.807, 2.05) is 25.8 Å². The molecular weight excluding hydrogens is 350 g/mol. The molecule has 6 nitrogen and oxygen atoms in total. The first-order valence-corrected chi connectivity index (χ1v) is 10.9. The van der Waals surface area contributed by atoms with Gasteiger partial charge in [-0.05, 0) is 57.0 Å². The number of benzene rings is 1. The zero-order valence-electron chi connectivity index (χ0n) is 16.1. The van der Waals surface area contributed by atoms with Crippen molar-refractivity contribution >= 4 is 15.9 Å². The van der Waals surface area contributed by atoms with Gasteiger partial charge in [0, 0.05) is 37.8 Å². The first-order valence-electron chi connectivity index (χ1n) is 9.50. The van der Waals surface area contributed by atoms with E-state index in [1.165, 1.54) is 4.31 Å². The number of rotatable bonds is 8. The maximum absolute atomic E-state index is 12.8. The highest BCUT2D eigenvalue weighted by molar-refractivity contribution is 7.89. The van der Waals surface area contributed by atoms with Crippen molar-refractivity contribution in [2.75, 3.05) is 33.2 Å². The molecule has 1 saturated heterocycles. The summed E-state index contributed by atoms with van der Waals surface area (Å²) in [6.45, 7) is 6.42. The fourth-order valence-corrected chi connectivity index (χ4v) is 4.95. The molecule has 1 heterocycles. The van der Waals surface area contributed by atoms with Crippen LogP contribution in [-0.4, -0.2) is 62.8 Å². The van der Waals surface area contributed by atoms with Crippen LogP contribution in [-0.2, 0) is 10.0 Å². The average Bonchev–Trinajstić information content (AvgIpc) is 2.67. The number of piperidine rings is 1. The fraction of sp³-hybridized carbons (Fsp3) is 0.632. The molecule has 1 fully saturated rings. The van der Waals surface area contributed by atoms with Crippen LogP contribution >= 0.6 is 0 Å². The minimum Gasteiger partial charge on any atom is -0.339 e. The number of sulfonamides is 1. The predicted octanol–water partition coefficient (Wildman–Crippen LogP) is 2.32. The number of hydrogen-bond donors (Lipinski definition) is 1. The largest absolute Gasteiger partial charge is 0.339 e. The molecule has 0 bridgehead atoms. The molecular formula is C19H31N3O3S. The minimum atomic E-state index is -3.50. The Kier molecular flexibility index (Phi) is 7.61. The van der Waals surface area contributed by atoms with Gasteiger partial charge in [0.2, 0.25) is 10.0 Å². The van der Waals surface area contributed by atoms with E-state index >= 15 is 0 Å². The molecule has 0 unspecified atom stereocenters. The lowest BCUT2D eigenvalue weighted by atomic mass is 10.0. The summed E-state index contributed by atoms with van der Waals surface area (Å²) in [5.74, 6) is -0.0255. The molecule has 1 aromatic rings. The van der Waals surface area contributed by atoms with Gasteiger partial charge >= 0.3 is 0 Å². The van der Waals surface area contributed by atoms with Gasteiger partial charge in [0.1, 0.15) is 0 Å². The molecule has 1 aliphatic rings. The Labute approximate surface area is 157 Å². The van der Waals surface area contributed by atoms with Crippen LogP contribution in [0, 0.1) is 0 Å². The van der Waals surface area contributed by atoms with Gasteiger partial charge < -0.3 is 10.2 Å². The number of nitrogens with zero attached hydrogens (tertiary/aromatic N) is 2. The Morgan fingerprint density at radius 3 is 2.12 bits per heavy atom. The Bertz CT molecular complexity index is 674. The molecule has 0 aliphatic carbocycles. The summed E-state index contributed by atoms with van der Waals surface area (Å²) in [6, 6.07) is 6.85. The fourth-order valence-electron chi connectivity index (χ4n) is 3.32. The number of likely N-dealkylation sites (tertiary alicyclic amines) is 1. The van der Waals surface area contributed by atoms with Crippen LogP contribution in [0.3, 0.4) is 0 Å². The predicted molar refractivity (Wildman–Crippen MR) is 104 cm³/mol. The van der Waals surface area contributed by atoms with Gasteiger partial charge in [0.25, 0.3) is 5.91 Å². The Morgan fingerprint density at radius 2 is 1.65 bits per heavy atom. The molecule has 146 valence electrons. The van der Waals surface area contributed by atoms with Gasteiger partial charge in [-0.25, -0.2) is 8.42 Å². The topological polar surface area (TPSA) is 69.7 Å². The van der Waals surface area contributed by atoms with E-state index in [4.69, 9.17) is 0 Å². The van der Waals surface area contributed by atoms with Gasteiger partial charge in [-0.15, -0.1) is 0 Å². The van der Waals surface area contributed by atoms with Crippen molar-refractivity contribution in [2.24, 2.45) is 0 Å². The smallest absolute Gasteiger partial charge is 0.253 e. The van der Waals surface area contributed by atoms with Crippen molar-refractivity contribution in [3.05, 3.63) is 29.8 Å². The van der Waals surface area contributed by atoms with E-state index in [0.717, 1.165) is 38.8 Å². The highest BCUT2D eigenvalue weighted by atomic mass is 32.2. The molecule has 1 N–H and O–H groups in total. The molecule has 26 heavy (non-hydrogen) atoms. The third-order valence-corrected chi connectivity index (χ3v) is 6.79. The molecule has 1 aliphatic heterocycles. The van der Waals surface area contributed by atoms with E-state index in [1.54, 1.807) is 24.3 Å². The van der Waals surface area contributed by atoms with Crippen molar-refractivity contribution < 1.29 is 13.2 Å². The number of amides is 1. The number of nitrogens with one attached hydrogen (secondary N) is 1. The third-order valence-electron chi connectivity index (χ3n) is 4.88. The van der Waals surface area contributed by atoms with Crippen LogP contribution in [0.15, 0.2) is 29.2 Å². The highest BCUT2D eigenvalue weighted by Crippen LogP contribution is 2.19.